The van der Waals surface area contributed by atoms with Gasteiger partial charge >= 0.3 is 0 Å². The number of para-hydroxylation sites is 1. The van der Waals surface area contributed by atoms with E-state index in [2.05, 4.69) is 79.5 Å². The van der Waals surface area contributed by atoms with Gasteiger partial charge in [0, 0.05) is 36.0 Å². The van der Waals surface area contributed by atoms with Gasteiger partial charge in [0.05, 0.1) is 19.9 Å². The van der Waals surface area contributed by atoms with Crippen LogP contribution < -0.4 is 14.4 Å². The van der Waals surface area contributed by atoms with Crippen LogP contribution in [0.1, 0.15) is 42.4 Å². The third kappa shape index (κ3) is 3.67. The molecule has 3 aromatic carbocycles. The molecule has 0 aliphatic heterocycles. The zero-order chi connectivity index (χ0) is 23.7. The van der Waals surface area contributed by atoms with Crippen LogP contribution in [0.25, 0.3) is 22.0 Å². The van der Waals surface area contributed by atoms with Crippen molar-refractivity contribution in [1.82, 2.24) is 4.98 Å². The Morgan fingerprint density at radius 3 is 2.44 bits per heavy atom. The summed E-state index contributed by atoms with van der Waals surface area (Å²) in [5, 5.41) is 2.46. The van der Waals surface area contributed by atoms with Crippen molar-refractivity contribution >= 4 is 16.6 Å². The molecule has 1 aromatic heterocycles. The Morgan fingerprint density at radius 2 is 1.68 bits per heavy atom. The van der Waals surface area contributed by atoms with Crippen LogP contribution >= 0.6 is 0 Å². The summed E-state index contributed by atoms with van der Waals surface area (Å²) in [5.41, 5.74) is 6.03. The first-order chi connectivity index (χ1) is 16.7. The molecule has 0 saturated carbocycles. The van der Waals surface area contributed by atoms with Crippen molar-refractivity contribution in [3.63, 3.8) is 0 Å². The van der Waals surface area contributed by atoms with Crippen LogP contribution in [0.4, 0.5) is 5.82 Å². The fourth-order valence-electron chi connectivity index (χ4n) is 5.32. The predicted molar refractivity (Wildman–Crippen MR) is 140 cm³/mol. The van der Waals surface area contributed by atoms with E-state index in [4.69, 9.17) is 14.5 Å². The van der Waals surface area contributed by atoms with Crippen molar-refractivity contribution in [2.45, 2.75) is 32.1 Å². The molecular formula is C30H32N2O2. The molecule has 4 aromatic rings. The number of ether oxygens (including phenoxy) is 2. The zero-order valence-corrected chi connectivity index (χ0v) is 20.5. The molecule has 1 atom stereocenters. The molecule has 0 fully saturated rings. The van der Waals surface area contributed by atoms with Gasteiger partial charge in [-0.15, -0.1) is 0 Å². The van der Waals surface area contributed by atoms with E-state index in [-0.39, 0.29) is 5.92 Å². The largest absolute Gasteiger partial charge is 0.493 e. The minimum absolute atomic E-state index is 0.113. The summed E-state index contributed by atoms with van der Waals surface area (Å²) >= 11 is 0. The highest BCUT2D eigenvalue weighted by atomic mass is 16.5. The normalized spacial score (nSPS) is 14.4. The molecule has 0 N–H and O–H groups in total. The first-order valence-electron chi connectivity index (χ1n) is 12.1. The van der Waals surface area contributed by atoms with E-state index in [0.717, 1.165) is 54.4 Å². The van der Waals surface area contributed by atoms with Crippen LogP contribution in [-0.2, 0) is 6.42 Å². The van der Waals surface area contributed by atoms with E-state index in [9.17, 15) is 0 Å². The van der Waals surface area contributed by atoms with Gasteiger partial charge in [0.2, 0.25) is 0 Å². The minimum atomic E-state index is 0.113. The number of unbranched alkanes of at least 4 members (excludes halogenated alkanes) is 1. The van der Waals surface area contributed by atoms with E-state index >= 15 is 0 Å². The molecule has 4 heteroatoms. The second-order valence-corrected chi connectivity index (χ2v) is 9.01. The molecule has 0 saturated heterocycles. The summed E-state index contributed by atoms with van der Waals surface area (Å²) in [6.45, 7) is 3.22. The Hall–Kier alpha value is -3.53. The number of hydrogen-bond donors (Lipinski definition) is 0. The number of anilines is 1. The average molecular weight is 453 g/mol. The minimum Gasteiger partial charge on any atom is -0.493 e. The fraction of sp³-hybridized carbons (Fsp3) is 0.300. The van der Waals surface area contributed by atoms with Gasteiger partial charge in [-0.2, -0.15) is 0 Å². The van der Waals surface area contributed by atoms with Crippen molar-refractivity contribution in [3.8, 4) is 22.8 Å². The number of fused-ring (bicyclic) bond motifs is 5. The molecule has 1 aliphatic carbocycles. The van der Waals surface area contributed by atoms with Crippen molar-refractivity contribution in [1.29, 1.82) is 0 Å². The SMILES string of the molecule is CCCCN(C)c1nc2c(c3ccccc13)C(c1cccc(OC)c1OC)Cc1ccccc1-2. The van der Waals surface area contributed by atoms with E-state index in [1.54, 1.807) is 14.2 Å². The molecule has 0 radical (unpaired) electrons. The molecule has 174 valence electrons. The number of hydrogen-bond acceptors (Lipinski definition) is 4. The molecule has 5 rings (SSSR count). The Labute approximate surface area is 202 Å². The lowest BCUT2D eigenvalue weighted by Crippen LogP contribution is -2.22. The first kappa shape index (κ1) is 22.3. The molecule has 1 heterocycles. The summed E-state index contributed by atoms with van der Waals surface area (Å²) in [6.07, 6.45) is 3.20. The van der Waals surface area contributed by atoms with Crippen LogP contribution in [0, 0.1) is 0 Å². The molecule has 34 heavy (non-hydrogen) atoms. The standard InChI is InChI=1S/C30H32N2O2/c1-5-6-18-32(2)30-24-15-10-9-14-22(24)27-25(23-16-11-17-26(33-3)29(23)34-4)19-20-12-7-8-13-21(20)28(27)31-30/h7-17,25H,5-6,18-19H2,1-4H3. The first-order valence-corrected chi connectivity index (χ1v) is 12.1. The van der Waals surface area contributed by atoms with Gasteiger partial charge in [-0.1, -0.05) is 74.0 Å². The van der Waals surface area contributed by atoms with Gasteiger partial charge in [-0.25, -0.2) is 4.98 Å². The highest BCUT2D eigenvalue weighted by molar-refractivity contribution is 5.99. The van der Waals surface area contributed by atoms with Crippen molar-refractivity contribution in [3.05, 3.63) is 83.4 Å². The summed E-state index contributed by atoms with van der Waals surface area (Å²) in [7, 11) is 5.58. The maximum atomic E-state index is 5.89. The van der Waals surface area contributed by atoms with Gasteiger partial charge in [-0.05, 0) is 35.4 Å². The van der Waals surface area contributed by atoms with E-state index in [1.165, 1.54) is 27.5 Å². The summed E-state index contributed by atoms with van der Waals surface area (Å²) in [5.74, 6) is 2.72. The van der Waals surface area contributed by atoms with Crippen molar-refractivity contribution in [2.24, 2.45) is 0 Å². The number of rotatable bonds is 7. The Kier molecular flexibility index (Phi) is 6.14. The number of aromatic nitrogens is 1. The maximum Gasteiger partial charge on any atom is 0.164 e. The lowest BCUT2D eigenvalue weighted by atomic mass is 9.75. The van der Waals surface area contributed by atoms with Crippen molar-refractivity contribution < 1.29 is 9.47 Å². The molecule has 4 nitrogen and oxygen atoms in total. The van der Waals surface area contributed by atoms with Crippen LogP contribution in [0.3, 0.4) is 0 Å². The highest BCUT2D eigenvalue weighted by Gasteiger charge is 2.32. The molecule has 0 spiro atoms. The third-order valence-corrected chi connectivity index (χ3v) is 6.99. The monoisotopic (exact) mass is 452 g/mol. The van der Waals surface area contributed by atoms with E-state index < -0.39 is 0 Å². The number of nitrogens with zero attached hydrogens (tertiary/aromatic N) is 2. The summed E-state index contributed by atoms with van der Waals surface area (Å²) < 4.78 is 11.5. The molecule has 0 bridgehead atoms. The highest BCUT2D eigenvalue weighted by Crippen LogP contribution is 2.49. The van der Waals surface area contributed by atoms with Gasteiger partial charge in [0.25, 0.3) is 0 Å². The van der Waals surface area contributed by atoms with Gasteiger partial charge in [0.1, 0.15) is 5.82 Å². The molecule has 0 amide bonds. The predicted octanol–water partition coefficient (Wildman–Crippen LogP) is 6.84. The second-order valence-electron chi connectivity index (χ2n) is 9.01. The Balaban J connectivity index is 1.81. The topological polar surface area (TPSA) is 34.6 Å². The number of methoxy groups -OCH3 is 2. The average Bonchev–Trinajstić information content (AvgIpc) is 2.89. The van der Waals surface area contributed by atoms with Crippen LogP contribution in [0.15, 0.2) is 66.7 Å². The van der Waals surface area contributed by atoms with Crippen LogP contribution in [-0.4, -0.2) is 32.8 Å². The van der Waals surface area contributed by atoms with Crippen LogP contribution in [0.2, 0.25) is 0 Å². The van der Waals surface area contributed by atoms with Crippen LogP contribution in [0.5, 0.6) is 11.5 Å². The number of benzene rings is 3. The molecule has 1 unspecified atom stereocenters. The summed E-state index contributed by atoms with van der Waals surface area (Å²) in [6, 6.07) is 23.6. The van der Waals surface area contributed by atoms with Gasteiger partial charge in [0.15, 0.2) is 11.5 Å². The third-order valence-electron chi connectivity index (χ3n) is 6.99. The Bertz CT molecular complexity index is 1330. The summed E-state index contributed by atoms with van der Waals surface area (Å²) in [4.78, 5) is 7.67. The molecular weight excluding hydrogens is 420 g/mol. The van der Waals surface area contributed by atoms with E-state index in [1.807, 2.05) is 6.07 Å². The number of pyridine rings is 1. The lowest BCUT2D eigenvalue weighted by molar-refractivity contribution is 0.350. The Morgan fingerprint density at radius 1 is 0.912 bits per heavy atom. The second kappa shape index (κ2) is 9.38. The zero-order valence-electron chi connectivity index (χ0n) is 20.5. The quantitative estimate of drug-likeness (QED) is 0.307. The fourth-order valence-corrected chi connectivity index (χ4v) is 5.32. The lowest BCUT2D eigenvalue weighted by Gasteiger charge is -2.32. The smallest absolute Gasteiger partial charge is 0.164 e. The van der Waals surface area contributed by atoms with E-state index in [0.29, 0.717) is 0 Å². The molecule has 1 aliphatic rings. The van der Waals surface area contributed by atoms with Gasteiger partial charge in [-0.3, -0.25) is 0 Å². The van der Waals surface area contributed by atoms with Crippen molar-refractivity contribution in [2.75, 3.05) is 32.7 Å². The maximum absolute atomic E-state index is 5.89. The van der Waals surface area contributed by atoms with Gasteiger partial charge < -0.3 is 14.4 Å².